The summed E-state index contributed by atoms with van der Waals surface area (Å²) in [4.78, 5) is 3.90. The highest BCUT2D eigenvalue weighted by atomic mass is 35.5. The van der Waals surface area contributed by atoms with Crippen LogP contribution in [0.15, 0.2) is 47.1 Å². The normalized spacial score (nSPS) is 13.2. The lowest BCUT2D eigenvalue weighted by Crippen LogP contribution is -2.34. The zero-order valence-corrected chi connectivity index (χ0v) is 13.6. The molecule has 0 amide bonds. The van der Waals surface area contributed by atoms with Crippen LogP contribution < -0.4 is 10.2 Å². The van der Waals surface area contributed by atoms with E-state index in [0.717, 1.165) is 0 Å². The van der Waals surface area contributed by atoms with Crippen molar-refractivity contribution >= 4 is 21.8 Å². The highest BCUT2D eigenvalue weighted by Gasteiger charge is 2.29. The van der Waals surface area contributed by atoms with Crippen molar-refractivity contribution in [1.29, 1.82) is 0 Å². The number of hydrogen-bond acceptors (Lipinski definition) is 3. The second kappa shape index (κ2) is 7.32. The predicted octanol–water partition coefficient (Wildman–Crippen LogP) is 1.88. The van der Waals surface area contributed by atoms with E-state index in [1.165, 1.54) is 27.6 Å². The molecule has 2 heterocycles. The van der Waals surface area contributed by atoms with E-state index in [1.807, 2.05) is 0 Å². The van der Waals surface area contributed by atoms with Crippen molar-refractivity contribution in [2.75, 3.05) is 6.54 Å². The van der Waals surface area contributed by atoms with Crippen LogP contribution in [0.4, 0.5) is 13.2 Å². The zero-order valence-electron chi connectivity index (χ0n) is 12.0. The Morgan fingerprint density at radius 1 is 1.25 bits per heavy atom. The standard InChI is InChI=1S/C13H12ClF3N4O2S/c14-11-5-4-10(7-18-11)8-21-6-2-1-3-12(21)20-24(22,23)19-9-13(15,16)17/h1-7,19H,8-9H2. The number of alkyl halides is 3. The quantitative estimate of drug-likeness (QED) is 0.805. The number of pyridine rings is 2. The molecule has 0 bridgehead atoms. The van der Waals surface area contributed by atoms with Crippen molar-refractivity contribution in [3.8, 4) is 0 Å². The fourth-order valence-corrected chi connectivity index (χ4v) is 2.64. The summed E-state index contributed by atoms with van der Waals surface area (Å²) in [5.41, 5.74) is 0.690. The minimum Gasteiger partial charge on any atom is -0.328 e. The average Bonchev–Trinajstić information content (AvgIpc) is 2.49. The first-order valence-electron chi connectivity index (χ1n) is 6.53. The van der Waals surface area contributed by atoms with Gasteiger partial charge >= 0.3 is 16.4 Å². The van der Waals surface area contributed by atoms with Gasteiger partial charge in [0.15, 0.2) is 0 Å². The molecule has 0 aliphatic carbocycles. The maximum atomic E-state index is 12.1. The third kappa shape index (κ3) is 5.95. The average molecular weight is 381 g/mol. The van der Waals surface area contributed by atoms with Crippen LogP contribution in [0.5, 0.6) is 0 Å². The van der Waals surface area contributed by atoms with E-state index in [9.17, 15) is 21.6 Å². The van der Waals surface area contributed by atoms with Gasteiger partial charge in [0.05, 0.1) is 6.54 Å². The molecule has 6 nitrogen and oxygen atoms in total. The summed E-state index contributed by atoms with van der Waals surface area (Å²) in [7, 11) is -4.49. The molecular weight excluding hydrogens is 369 g/mol. The summed E-state index contributed by atoms with van der Waals surface area (Å²) in [5.74, 6) is 0. The van der Waals surface area contributed by atoms with E-state index in [1.54, 1.807) is 24.4 Å². The van der Waals surface area contributed by atoms with Crippen molar-refractivity contribution in [2.24, 2.45) is 4.40 Å². The number of nitrogens with zero attached hydrogens (tertiary/aromatic N) is 3. The molecule has 130 valence electrons. The molecule has 0 atom stereocenters. The highest BCUT2D eigenvalue weighted by molar-refractivity contribution is 7.88. The molecule has 24 heavy (non-hydrogen) atoms. The Morgan fingerprint density at radius 2 is 2.00 bits per heavy atom. The Labute approximate surface area is 140 Å². The molecule has 2 aromatic rings. The van der Waals surface area contributed by atoms with E-state index in [4.69, 9.17) is 11.6 Å². The molecule has 0 aliphatic heterocycles. The monoisotopic (exact) mass is 380 g/mol. The van der Waals surface area contributed by atoms with Crippen LogP contribution in [0.3, 0.4) is 0 Å². The van der Waals surface area contributed by atoms with E-state index >= 15 is 0 Å². The molecular formula is C13H12ClF3N4O2S. The molecule has 0 saturated carbocycles. The van der Waals surface area contributed by atoms with Gasteiger partial charge in [-0.3, -0.25) is 0 Å². The Balaban J connectivity index is 2.29. The van der Waals surface area contributed by atoms with Crippen LogP contribution in [-0.4, -0.2) is 30.7 Å². The molecule has 2 rings (SSSR count). The lowest BCUT2D eigenvalue weighted by Gasteiger charge is -2.09. The number of hydrogen-bond donors (Lipinski definition) is 1. The van der Waals surface area contributed by atoms with Crippen molar-refractivity contribution in [1.82, 2.24) is 14.3 Å². The first-order valence-corrected chi connectivity index (χ1v) is 8.35. The Bertz CT molecular complexity index is 864. The van der Waals surface area contributed by atoms with Gasteiger partial charge in [-0.15, -0.1) is 4.40 Å². The molecule has 0 fully saturated rings. The number of nitrogens with one attached hydrogen (secondary N) is 1. The molecule has 0 spiro atoms. The second-order valence-electron chi connectivity index (χ2n) is 4.68. The maximum absolute atomic E-state index is 12.1. The van der Waals surface area contributed by atoms with Crippen LogP contribution in [0.1, 0.15) is 5.56 Å². The summed E-state index contributed by atoms with van der Waals surface area (Å²) < 4.78 is 66.0. The Kier molecular flexibility index (Phi) is 5.62. The van der Waals surface area contributed by atoms with Crippen molar-refractivity contribution in [3.63, 3.8) is 0 Å². The lowest BCUT2D eigenvalue weighted by atomic mass is 10.3. The Morgan fingerprint density at radius 3 is 2.62 bits per heavy atom. The summed E-state index contributed by atoms with van der Waals surface area (Å²) >= 11 is 5.69. The summed E-state index contributed by atoms with van der Waals surface area (Å²) in [6.07, 6.45) is -1.61. The third-order valence-corrected chi connectivity index (χ3v) is 3.89. The van der Waals surface area contributed by atoms with Gasteiger partial charge in [-0.05, 0) is 23.8 Å². The minimum atomic E-state index is -4.66. The van der Waals surface area contributed by atoms with Gasteiger partial charge in [0.1, 0.15) is 17.2 Å². The van der Waals surface area contributed by atoms with Crippen molar-refractivity contribution in [2.45, 2.75) is 12.7 Å². The first-order chi connectivity index (χ1) is 11.1. The topological polar surface area (TPSA) is 76.3 Å². The highest BCUT2D eigenvalue weighted by Crippen LogP contribution is 2.12. The molecule has 0 aromatic carbocycles. The summed E-state index contributed by atoms with van der Waals surface area (Å²) in [5, 5.41) is 0.306. The van der Waals surface area contributed by atoms with Gasteiger partial charge < -0.3 is 4.57 Å². The van der Waals surface area contributed by atoms with Crippen LogP contribution >= 0.6 is 11.6 Å². The molecule has 0 radical (unpaired) electrons. The molecule has 0 saturated heterocycles. The SMILES string of the molecule is O=S(=O)(N=c1ccccn1Cc1ccc(Cl)nc1)NCC(F)(F)F. The fraction of sp³-hybridized carbons (Fsp3) is 0.231. The van der Waals surface area contributed by atoms with Crippen LogP contribution in [0, 0.1) is 0 Å². The fourth-order valence-electron chi connectivity index (χ4n) is 1.71. The van der Waals surface area contributed by atoms with E-state index in [2.05, 4.69) is 9.38 Å². The van der Waals surface area contributed by atoms with Gasteiger partial charge in [-0.1, -0.05) is 23.7 Å². The van der Waals surface area contributed by atoms with E-state index in [0.29, 0.717) is 10.7 Å². The van der Waals surface area contributed by atoms with Gasteiger partial charge in [0.25, 0.3) is 0 Å². The number of aromatic nitrogens is 2. The molecule has 2 aromatic heterocycles. The largest absolute Gasteiger partial charge is 0.402 e. The van der Waals surface area contributed by atoms with Gasteiger partial charge in [0.2, 0.25) is 0 Å². The maximum Gasteiger partial charge on any atom is 0.402 e. The van der Waals surface area contributed by atoms with Crippen LogP contribution in [0.2, 0.25) is 5.15 Å². The molecule has 0 aliphatic rings. The number of halogens is 4. The van der Waals surface area contributed by atoms with E-state index < -0.39 is 22.9 Å². The van der Waals surface area contributed by atoms with Gasteiger partial charge in [-0.25, -0.2) is 4.98 Å². The predicted molar refractivity (Wildman–Crippen MR) is 81.3 cm³/mol. The van der Waals surface area contributed by atoms with Crippen molar-refractivity contribution < 1.29 is 21.6 Å². The van der Waals surface area contributed by atoms with Gasteiger partial charge in [-0.2, -0.15) is 26.3 Å². The van der Waals surface area contributed by atoms with Crippen LogP contribution in [0.25, 0.3) is 0 Å². The lowest BCUT2D eigenvalue weighted by molar-refractivity contribution is -0.121. The van der Waals surface area contributed by atoms with Crippen LogP contribution in [-0.2, 0) is 16.8 Å². The van der Waals surface area contributed by atoms with Crippen molar-refractivity contribution in [3.05, 3.63) is 58.9 Å². The smallest absolute Gasteiger partial charge is 0.328 e. The summed E-state index contributed by atoms with van der Waals surface area (Å²) in [6.45, 7) is -1.47. The second-order valence-corrected chi connectivity index (χ2v) is 6.49. The first kappa shape index (κ1) is 18.4. The third-order valence-electron chi connectivity index (χ3n) is 2.73. The number of rotatable bonds is 5. The minimum absolute atomic E-state index is 0.0258. The summed E-state index contributed by atoms with van der Waals surface area (Å²) in [6, 6.07) is 7.79. The van der Waals surface area contributed by atoms with E-state index in [-0.39, 0.29) is 12.0 Å². The Hall–Kier alpha value is -1.91. The molecule has 0 unspecified atom stereocenters. The van der Waals surface area contributed by atoms with Gasteiger partial charge in [0, 0.05) is 12.4 Å². The molecule has 11 heteroatoms. The zero-order chi connectivity index (χ0) is 17.8. The molecule has 1 N–H and O–H groups in total.